The number of ketones is 1. The lowest BCUT2D eigenvalue weighted by atomic mass is 9.47. The summed E-state index contributed by atoms with van der Waals surface area (Å²) in [6, 6.07) is 8.57. The molecule has 4 aliphatic rings. The molecule has 4 bridgehead atoms. The van der Waals surface area contributed by atoms with Crippen molar-refractivity contribution in [3.63, 3.8) is 0 Å². The van der Waals surface area contributed by atoms with Gasteiger partial charge in [0, 0.05) is 11.8 Å². The normalized spacial score (nSPS) is 39.6. The maximum absolute atomic E-state index is 12.2. The number of hydrogen-bond donors (Lipinski definition) is 0. The molecule has 0 N–H and O–H groups in total. The van der Waals surface area contributed by atoms with Crippen molar-refractivity contribution in [3.05, 3.63) is 29.8 Å². The molecular formula is C17H20O2. The fourth-order valence-corrected chi connectivity index (χ4v) is 5.05. The molecule has 0 radical (unpaired) electrons. The van der Waals surface area contributed by atoms with Crippen molar-refractivity contribution in [2.24, 2.45) is 17.8 Å². The second kappa shape index (κ2) is 3.84. The van der Waals surface area contributed by atoms with Crippen LogP contribution in [0.5, 0.6) is 5.75 Å². The van der Waals surface area contributed by atoms with Gasteiger partial charge in [-0.1, -0.05) is 12.1 Å². The second-order valence-electron chi connectivity index (χ2n) is 6.75. The molecule has 1 aromatic carbocycles. The van der Waals surface area contributed by atoms with E-state index in [9.17, 15) is 4.79 Å². The zero-order valence-corrected chi connectivity index (χ0v) is 11.4. The quantitative estimate of drug-likeness (QED) is 0.811. The lowest BCUT2D eigenvalue weighted by molar-refractivity contribution is -0.142. The van der Waals surface area contributed by atoms with E-state index in [-0.39, 0.29) is 5.41 Å². The van der Waals surface area contributed by atoms with Crippen LogP contribution >= 0.6 is 0 Å². The highest BCUT2D eigenvalue weighted by Crippen LogP contribution is 2.59. The molecule has 4 fully saturated rings. The zero-order valence-electron chi connectivity index (χ0n) is 11.4. The third kappa shape index (κ3) is 1.58. The van der Waals surface area contributed by atoms with Crippen molar-refractivity contribution in [1.29, 1.82) is 0 Å². The van der Waals surface area contributed by atoms with Crippen LogP contribution in [0.4, 0.5) is 0 Å². The molecule has 100 valence electrons. The molecule has 1 aromatic rings. The van der Waals surface area contributed by atoms with Crippen LogP contribution in [0.3, 0.4) is 0 Å². The summed E-state index contributed by atoms with van der Waals surface area (Å²) in [4.78, 5) is 12.2. The number of ether oxygens (including phenoxy) is 1. The fourth-order valence-electron chi connectivity index (χ4n) is 5.05. The Morgan fingerprint density at radius 1 is 1.05 bits per heavy atom. The highest BCUT2D eigenvalue weighted by atomic mass is 16.5. The maximum atomic E-state index is 12.2. The first kappa shape index (κ1) is 11.5. The molecule has 19 heavy (non-hydrogen) atoms. The summed E-state index contributed by atoms with van der Waals surface area (Å²) in [6.07, 6.45) is 5.79. The summed E-state index contributed by atoms with van der Waals surface area (Å²) in [5.41, 5.74) is 1.72. The summed E-state index contributed by atoms with van der Waals surface area (Å²) in [5, 5.41) is 0. The van der Waals surface area contributed by atoms with Crippen LogP contribution in [0.25, 0.3) is 0 Å². The fraction of sp³-hybridized carbons (Fsp3) is 0.588. The summed E-state index contributed by atoms with van der Waals surface area (Å²) < 4.78 is 5.25. The molecule has 2 unspecified atom stereocenters. The van der Waals surface area contributed by atoms with Gasteiger partial charge in [-0.2, -0.15) is 0 Å². The van der Waals surface area contributed by atoms with E-state index in [0.29, 0.717) is 17.6 Å². The van der Waals surface area contributed by atoms with Crippen molar-refractivity contribution in [1.82, 2.24) is 0 Å². The van der Waals surface area contributed by atoms with E-state index in [0.717, 1.165) is 37.4 Å². The van der Waals surface area contributed by atoms with Crippen LogP contribution in [0.2, 0.25) is 0 Å². The Morgan fingerprint density at radius 3 is 2.26 bits per heavy atom. The third-order valence-corrected chi connectivity index (χ3v) is 5.70. The van der Waals surface area contributed by atoms with Crippen LogP contribution in [0.15, 0.2) is 24.3 Å². The van der Waals surface area contributed by atoms with Crippen LogP contribution in [-0.2, 0) is 10.2 Å². The first-order chi connectivity index (χ1) is 9.20. The minimum Gasteiger partial charge on any atom is -0.497 e. The van der Waals surface area contributed by atoms with Gasteiger partial charge in [-0.15, -0.1) is 0 Å². The van der Waals surface area contributed by atoms with Gasteiger partial charge in [-0.05, 0) is 61.1 Å². The minimum absolute atomic E-state index is 0.288. The molecule has 0 amide bonds. The maximum Gasteiger partial charge on any atom is 0.139 e. The van der Waals surface area contributed by atoms with Crippen LogP contribution in [-0.4, -0.2) is 12.9 Å². The largest absolute Gasteiger partial charge is 0.497 e. The third-order valence-electron chi connectivity index (χ3n) is 5.70. The van der Waals surface area contributed by atoms with E-state index in [2.05, 4.69) is 24.3 Å². The Morgan fingerprint density at radius 2 is 1.68 bits per heavy atom. The number of benzene rings is 1. The van der Waals surface area contributed by atoms with Crippen molar-refractivity contribution < 1.29 is 9.53 Å². The van der Waals surface area contributed by atoms with Gasteiger partial charge in [0.2, 0.25) is 0 Å². The number of carbonyl (C=O) groups excluding carboxylic acids is 1. The molecule has 0 saturated heterocycles. The Labute approximate surface area is 114 Å². The van der Waals surface area contributed by atoms with E-state index in [1.54, 1.807) is 7.11 Å². The summed E-state index contributed by atoms with van der Waals surface area (Å²) >= 11 is 0. The highest BCUT2D eigenvalue weighted by Gasteiger charge is 2.55. The molecule has 0 aliphatic heterocycles. The second-order valence-corrected chi connectivity index (χ2v) is 6.75. The molecule has 4 saturated carbocycles. The number of rotatable bonds is 2. The Kier molecular flexibility index (Phi) is 2.33. The van der Waals surface area contributed by atoms with E-state index < -0.39 is 0 Å². The van der Waals surface area contributed by atoms with Crippen molar-refractivity contribution in [2.45, 2.75) is 37.5 Å². The topological polar surface area (TPSA) is 26.3 Å². The van der Waals surface area contributed by atoms with Crippen molar-refractivity contribution in [3.8, 4) is 5.75 Å². The Balaban J connectivity index is 1.71. The standard InChI is InChI=1S/C17H20O2/c1-19-15-4-2-14(3-5-15)17-8-11-6-12(9-17)16(18)13(7-11)10-17/h2-5,11-13H,6-10H2,1H3/t11?,12-,13+,17?. The Hall–Kier alpha value is -1.31. The lowest BCUT2D eigenvalue weighted by Gasteiger charge is -2.56. The average molecular weight is 256 g/mol. The molecule has 2 nitrogen and oxygen atoms in total. The molecule has 0 spiro atoms. The van der Waals surface area contributed by atoms with E-state index in [4.69, 9.17) is 4.74 Å². The smallest absolute Gasteiger partial charge is 0.139 e. The minimum atomic E-state index is 0.288. The first-order valence-electron chi connectivity index (χ1n) is 7.38. The van der Waals surface area contributed by atoms with Crippen molar-refractivity contribution >= 4 is 5.78 Å². The van der Waals surface area contributed by atoms with Gasteiger partial charge < -0.3 is 4.74 Å². The highest BCUT2D eigenvalue weighted by molar-refractivity contribution is 5.86. The van der Waals surface area contributed by atoms with E-state index in [1.165, 1.54) is 12.0 Å². The summed E-state index contributed by atoms with van der Waals surface area (Å²) in [5.74, 6) is 2.99. The predicted octanol–water partition coefficient (Wildman–Crippen LogP) is 3.34. The molecule has 4 aliphatic carbocycles. The number of Topliss-reactive ketones (excluding diaryl/α,β-unsaturated/α-hetero) is 1. The van der Waals surface area contributed by atoms with E-state index >= 15 is 0 Å². The monoisotopic (exact) mass is 256 g/mol. The van der Waals surface area contributed by atoms with Gasteiger partial charge >= 0.3 is 0 Å². The molecule has 5 rings (SSSR count). The Bertz CT molecular complexity index is 499. The predicted molar refractivity (Wildman–Crippen MR) is 73.2 cm³/mol. The molecule has 4 atom stereocenters. The average Bonchev–Trinajstić information content (AvgIpc) is 2.44. The van der Waals surface area contributed by atoms with Crippen LogP contribution in [0.1, 0.15) is 37.7 Å². The number of hydrogen-bond acceptors (Lipinski definition) is 2. The summed E-state index contributed by atoms with van der Waals surface area (Å²) in [6.45, 7) is 0. The lowest BCUT2D eigenvalue weighted by Crippen LogP contribution is -2.53. The van der Waals surface area contributed by atoms with Gasteiger partial charge in [0.05, 0.1) is 7.11 Å². The van der Waals surface area contributed by atoms with Gasteiger partial charge in [-0.25, -0.2) is 0 Å². The van der Waals surface area contributed by atoms with Gasteiger partial charge in [-0.3, -0.25) is 4.79 Å². The number of carbonyl (C=O) groups is 1. The molecule has 2 heteroatoms. The van der Waals surface area contributed by atoms with Crippen molar-refractivity contribution in [2.75, 3.05) is 7.11 Å². The number of methoxy groups -OCH3 is 1. The summed E-state index contributed by atoms with van der Waals surface area (Å²) in [7, 11) is 1.71. The SMILES string of the molecule is COc1ccc(C23CC4C[C@H](C2)C(=O)[C@@H](C4)C3)cc1. The first-order valence-corrected chi connectivity index (χ1v) is 7.38. The van der Waals surface area contributed by atoms with Gasteiger partial charge in [0.25, 0.3) is 0 Å². The molecule has 0 aromatic heterocycles. The van der Waals surface area contributed by atoms with Gasteiger partial charge in [0.15, 0.2) is 0 Å². The van der Waals surface area contributed by atoms with E-state index in [1.807, 2.05) is 0 Å². The van der Waals surface area contributed by atoms with Gasteiger partial charge in [0.1, 0.15) is 11.5 Å². The van der Waals surface area contributed by atoms with Crippen LogP contribution < -0.4 is 4.74 Å². The molecular weight excluding hydrogens is 236 g/mol. The zero-order chi connectivity index (χ0) is 13.0. The molecule has 0 heterocycles. The van der Waals surface area contributed by atoms with Crippen LogP contribution in [0, 0.1) is 17.8 Å².